The molecular formula is C8H14BrSe+. The first-order valence-electron chi connectivity index (χ1n) is 4.18. The van der Waals surface area contributed by atoms with Crippen LogP contribution in [0.1, 0.15) is 25.7 Å². The van der Waals surface area contributed by atoms with Gasteiger partial charge in [-0.1, -0.05) is 0 Å². The second-order valence-electron chi connectivity index (χ2n) is 3.22. The average molecular weight is 269 g/mol. The Morgan fingerprint density at radius 1 is 1.20 bits per heavy atom. The molecule has 0 spiro atoms. The summed E-state index contributed by atoms with van der Waals surface area (Å²) in [7, 11) is 0. The topological polar surface area (TPSA) is 0 Å². The molecule has 2 aliphatic rings. The standard InChI is InChI=1S/C8H14BrSe/c9-5-6-10-7-3-1-2-4-8(7)10/h7-8H,1-6H2/q+1. The van der Waals surface area contributed by atoms with Gasteiger partial charge in [-0.25, -0.2) is 0 Å². The van der Waals surface area contributed by atoms with Crippen LogP contribution < -0.4 is 0 Å². The fraction of sp³-hybridized carbons (Fsp3) is 1.00. The van der Waals surface area contributed by atoms with E-state index < -0.39 is 0 Å². The molecular weight excluding hydrogens is 255 g/mol. The van der Waals surface area contributed by atoms with Crippen LogP contribution in [0.2, 0.25) is 15.0 Å². The zero-order valence-electron chi connectivity index (χ0n) is 6.18. The molecule has 1 saturated carbocycles. The van der Waals surface area contributed by atoms with Crippen molar-refractivity contribution < 1.29 is 0 Å². The number of hydrogen-bond donors (Lipinski definition) is 0. The normalized spacial score (nSPS) is 44.7. The van der Waals surface area contributed by atoms with Crippen molar-refractivity contribution in [1.82, 2.24) is 0 Å². The summed E-state index contributed by atoms with van der Waals surface area (Å²) in [5.41, 5.74) is 0. The minimum atomic E-state index is -0.00868. The van der Waals surface area contributed by atoms with Gasteiger partial charge in [0.25, 0.3) is 0 Å². The van der Waals surface area contributed by atoms with E-state index in [-0.39, 0.29) is 13.9 Å². The molecule has 2 heteroatoms. The summed E-state index contributed by atoms with van der Waals surface area (Å²) in [5, 5.41) is 2.85. The van der Waals surface area contributed by atoms with Crippen molar-refractivity contribution in [2.45, 2.75) is 40.6 Å². The fourth-order valence-corrected chi connectivity index (χ4v) is 10.6. The third-order valence-electron chi connectivity index (χ3n) is 2.66. The maximum atomic E-state index is 3.55. The van der Waals surface area contributed by atoms with Crippen molar-refractivity contribution in [3.8, 4) is 0 Å². The van der Waals surface area contributed by atoms with Gasteiger partial charge in [-0.2, -0.15) is 0 Å². The van der Waals surface area contributed by atoms with Gasteiger partial charge in [0.2, 0.25) is 0 Å². The fourth-order valence-electron chi connectivity index (χ4n) is 2.11. The molecule has 2 rings (SSSR count). The van der Waals surface area contributed by atoms with Gasteiger partial charge in [0.15, 0.2) is 0 Å². The Hall–Kier alpha value is 0.999. The van der Waals surface area contributed by atoms with Gasteiger partial charge >= 0.3 is 75.8 Å². The summed E-state index contributed by atoms with van der Waals surface area (Å²) in [6.07, 6.45) is 6.29. The van der Waals surface area contributed by atoms with Crippen LogP contribution in [-0.2, 0) is 0 Å². The van der Waals surface area contributed by atoms with E-state index in [0.29, 0.717) is 0 Å². The molecule has 0 aromatic carbocycles. The molecule has 1 aliphatic carbocycles. The van der Waals surface area contributed by atoms with Crippen LogP contribution in [-0.4, -0.2) is 19.2 Å². The molecule has 2 unspecified atom stereocenters. The van der Waals surface area contributed by atoms with E-state index in [2.05, 4.69) is 15.9 Å². The Morgan fingerprint density at radius 2 is 1.80 bits per heavy atom. The van der Waals surface area contributed by atoms with Gasteiger partial charge in [0.1, 0.15) is 0 Å². The van der Waals surface area contributed by atoms with E-state index in [4.69, 9.17) is 0 Å². The molecule has 0 aromatic rings. The first kappa shape index (κ1) is 7.64. The third-order valence-corrected chi connectivity index (χ3v) is 10.6. The zero-order chi connectivity index (χ0) is 6.97. The third kappa shape index (κ3) is 1.31. The van der Waals surface area contributed by atoms with Gasteiger partial charge in [0.05, 0.1) is 0 Å². The number of halogens is 1. The first-order chi connectivity index (χ1) is 4.93. The maximum absolute atomic E-state index is 3.55. The van der Waals surface area contributed by atoms with Crippen molar-refractivity contribution >= 4 is 29.8 Å². The molecule has 2 atom stereocenters. The SMILES string of the molecule is BrCC[Se+]1C2CCCCC21. The van der Waals surface area contributed by atoms with Gasteiger partial charge in [0, 0.05) is 0 Å². The van der Waals surface area contributed by atoms with Crippen LogP contribution in [0.5, 0.6) is 0 Å². The Labute approximate surface area is 75.8 Å². The monoisotopic (exact) mass is 269 g/mol. The predicted octanol–water partition coefficient (Wildman–Crippen LogP) is 3.20. The van der Waals surface area contributed by atoms with Crippen LogP contribution in [0, 0.1) is 0 Å². The van der Waals surface area contributed by atoms with E-state index in [1.165, 1.54) is 15.0 Å². The number of hydrogen-bond acceptors (Lipinski definition) is 0. The molecule has 1 heterocycles. The zero-order valence-corrected chi connectivity index (χ0v) is 9.48. The molecule has 58 valence electrons. The van der Waals surface area contributed by atoms with E-state index in [1.54, 1.807) is 31.0 Å². The Balaban J connectivity index is 1.82. The summed E-state index contributed by atoms with van der Waals surface area (Å²) < 4.78 is 0. The average Bonchev–Trinajstić information content (AvgIpc) is 2.66. The van der Waals surface area contributed by atoms with Crippen molar-refractivity contribution in [1.29, 1.82) is 0 Å². The second-order valence-corrected chi connectivity index (χ2v) is 9.38. The second kappa shape index (κ2) is 3.16. The quantitative estimate of drug-likeness (QED) is 0.533. The van der Waals surface area contributed by atoms with Crippen molar-refractivity contribution in [2.24, 2.45) is 0 Å². The summed E-state index contributed by atoms with van der Waals surface area (Å²) in [6, 6.07) is 0. The van der Waals surface area contributed by atoms with E-state index >= 15 is 0 Å². The number of rotatable bonds is 2. The van der Waals surface area contributed by atoms with Gasteiger partial charge in [-0.05, 0) is 0 Å². The van der Waals surface area contributed by atoms with E-state index in [9.17, 15) is 0 Å². The van der Waals surface area contributed by atoms with Crippen LogP contribution in [0.15, 0.2) is 0 Å². The molecule has 10 heavy (non-hydrogen) atoms. The summed E-state index contributed by atoms with van der Waals surface area (Å²) in [5.74, 6) is 0. The minimum absolute atomic E-state index is 0.00868. The van der Waals surface area contributed by atoms with Crippen LogP contribution in [0.25, 0.3) is 0 Å². The van der Waals surface area contributed by atoms with Crippen LogP contribution in [0.4, 0.5) is 0 Å². The molecule has 0 amide bonds. The summed E-state index contributed by atoms with van der Waals surface area (Å²) in [6.45, 7) is 0. The molecule has 1 aliphatic heterocycles. The molecule has 0 nitrogen and oxygen atoms in total. The summed E-state index contributed by atoms with van der Waals surface area (Å²) in [4.78, 5) is 2.57. The van der Waals surface area contributed by atoms with Crippen LogP contribution in [0.3, 0.4) is 0 Å². The molecule has 0 N–H and O–H groups in total. The van der Waals surface area contributed by atoms with Gasteiger partial charge in [-0.15, -0.1) is 0 Å². The molecule has 2 fully saturated rings. The van der Waals surface area contributed by atoms with Crippen LogP contribution >= 0.6 is 15.9 Å². The molecule has 0 radical (unpaired) electrons. The number of fused-ring (bicyclic) bond motifs is 1. The van der Waals surface area contributed by atoms with Crippen molar-refractivity contribution in [2.75, 3.05) is 5.33 Å². The van der Waals surface area contributed by atoms with Gasteiger partial charge < -0.3 is 0 Å². The first-order valence-corrected chi connectivity index (χ1v) is 8.49. The van der Waals surface area contributed by atoms with Gasteiger partial charge in [-0.3, -0.25) is 0 Å². The van der Waals surface area contributed by atoms with E-state index in [0.717, 1.165) is 0 Å². The molecule has 0 bridgehead atoms. The summed E-state index contributed by atoms with van der Waals surface area (Å²) >= 11 is 3.55. The Bertz CT molecular complexity index is 114. The molecule has 1 saturated heterocycles. The predicted molar refractivity (Wildman–Crippen MR) is 50.3 cm³/mol. The Kier molecular flexibility index (Phi) is 2.42. The Morgan fingerprint density at radius 3 is 2.30 bits per heavy atom. The number of alkyl halides is 1. The van der Waals surface area contributed by atoms with Crippen molar-refractivity contribution in [3.05, 3.63) is 0 Å². The molecule has 0 aromatic heterocycles. The van der Waals surface area contributed by atoms with Crippen molar-refractivity contribution in [3.63, 3.8) is 0 Å². The van der Waals surface area contributed by atoms with E-state index in [1.807, 2.05) is 0 Å².